The molecule has 6 heteroatoms. The van der Waals surface area contributed by atoms with E-state index in [2.05, 4.69) is 28.2 Å². The van der Waals surface area contributed by atoms with E-state index >= 15 is 0 Å². The molecule has 2 unspecified atom stereocenters. The van der Waals surface area contributed by atoms with Crippen molar-refractivity contribution in [3.63, 3.8) is 0 Å². The number of anilines is 1. The van der Waals surface area contributed by atoms with Gasteiger partial charge in [0, 0.05) is 17.1 Å². The van der Waals surface area contributed by atoms with E-state index in [9.17, 15) is 14.7 Å². The van der Waals surface area contributed by atoms with E-state index in [0.717, 1.165) is 12.8 Å². The Morgan fingerprint density at radius 3 is 2.71 bits per heavy atom. The van der Waals surface area contributed by atoms with Crippen LogP contribution in [0.25, 0.3) is 0 Å². The molecule has 2 rings (SSSR count). The molecule has 0 bridgehead atoms. The van der Waals surface area contributed by atoms with E-state index in [0.29, 0.717) is 22.6 Å². The number of aromatic carboxylic acids is 1. The first-order valence-electron chi connectivity index (χ1n) is 6.99. The number of carbonyl (C=O) groups is 2. The second-order valence-electron chi connectivity index (χ2n) is 5.57. The lowest BCUT2D eigenvalue weighted by Crippen LogP contribution is -2.46. The number of amides is 2. The molecule has 5 nitrogen and oxygen atoms in total. The Morgan fingerprint density at radius 2 is 2.10 bits per heavy atom. The summed E-state index contributed by atoms with van der Waals surface area (Å²) in [4.78, 5) is 25.4. The van der Waals surface area contributed by atoms with Crippen LogP contribution in [0.1, 0.15) is 37.0 Å². The quantitative estimate of drug-likeness (QED) is 0.848. The number of halogens is 1. The summed E-state index contributed by atoms with van der Waals surface area (Å²) in [5.74, 6) is -0.450. The summed E-state index contributed by atoms with van der Waals surface area (Å²) in [6.45, 7) is 4.90. The van der Waals surface area contributed by atoms with Crippen LogP contribution in [0, 0.1) is 5.92 Å². The second kappa shape index (κ2) is 6.47. The van der Waals surface area contributed by atoms with Crippen LogP contribution in [-0.4, -0.2) is 34.6 Å². The largest absolute Gasteiger partial charge is 0.478 e. The van der Waals surface area contributed by atoms with Gasteiger partial charge in [0.05, 0.1) is 11.3 Å². The molecule has 0 spiro atoms. The van der Waals surface area contributed by atoms with Gasteiger partial charge < -0.3 is 15.3 Å². The first-order chi connectivity index (χ1) is 9.90. The number of piperidine rings is 1. The number of nitrogens with zero attached hydrogens (tertiary/aromatic N) is 1. The Kier molecular flexibility index (Phi) is 4.88. The van der Waals surface area contributed by atoms with Crippen LogP contribution >= 0.6 is 15.9 Å². The van der Waals surface area contributed by atoms with Crippen molar-refractivity contribution >= 4 is 33.6 Å². The summed E-state index contributed by atoms with van der Waals surface area (Å²) in [5, 5.41) is 11.9. The van der Waals surface area contributed by atoms with Gasteiger partial charge in [-0.15, -0.1) is 0 Å². The Labute approximate surface area is 132 Å². The molecule has 0 aromatic heterocycles. The molecule has 1 aliphatic rings. The number of carbonyl (C=O) groups excluding carboxylic acids is 1. The van der Waals surface area contributed by atoms with Gasteiger partial charge in [-0.3, -0.25) is 0 Å². The number of carboxylic acid groups (broad SMARTS) is 1. The molecule has 2 amide bonds. The minimum absolute atomic E-state index is 0.0794. The highest BCUT2D eigenvalue weighted by molar-refractivity contribution is 9.10. The second-order valence-corrected chi connectivity index (χ2v) is 6.42. The number of likely N-dealkylation sites (tertiary alicyclic amines) is 1. The lowest BCUT2D eigenvalue weighted by Gasteiger charge is -2.36. The number of urea groups is 1. The number of carboxylic acids is 1. The molecule has 114 valence electrons. The third-order valence-electron chi connectivity index (χ3n) is 3.88. The first kappa shape index (κ1) is 15.8. The van der Waals surface area contributed by atoms with Crippen molar-refractivity contribution in [1.82, 2.24) is 4.90 Å². The maximum atomic E-state index is 12.4. The third-order valence-corrected chi connectivity index (χ3v) is 4.54. The maximum Gasteiger partial charge on any atom is 0.337 e. The van der Waals surface area contributed by atoms with Gasteiger partial charge in [0.15, 0.2) is 0 Å². The average Bonchev–Trinajstić information content (AvgIpc) is 2.40. The zero-order chi connectivity index (χ0) is 15.6. The highest BCUT2D eigenvalue weighted by Gasteiger charge is 2.27. The first-order valence-corrected chi connectivity index (χ1v) is 7.79. The molecule has 1 heterocycles. The van der Waals surface area contributed by atoms with Crippen molar-refractivity contribution in [3.05, 3.63) is 28.2 Å². The molecule has 0 saturated carbocycles. The molecule has 2 N–H and O–H groups in total. The Morgan fingerprint density at radius 1 is 1.38 bits per heavy atom. The van der Waals surface area contributed by atoms with Crippen LogP contribution in [0.3, 0.4) is 0 Å². The van der Waals surface area contributed by atoms with Crippen LogP contribution in [0.15, 0.2) is 22.7 Å². The predicted molar refractivity (Wildman–Crippen MR) is 84.7 cm³/mol. The van der Waals surface area contributed by atoms with Crippen molar-refractivity contribution in [2.75, 3.05) is 11.9 Å². The van der Waals surface area contributed by atoms with Gasteiger partial charge in [-0.2, -0.15) is 0 Å². The van der Waals surface area contributed by atoms with Gasteiger partial charge in [-0.1, -0.05) is 13.0 Å². The Hall–Kier alpha value is -1.56. The monoisotopic (exact) mass is 354 g/mol. The fraction of sp³-hybridized carbons (Fsp3) is 0.467. The fourth-order valence-electron chi connectivity index (χ4n) is 2.72. The number of para-hydroxylation sites is 1. The molecule has 1 aromatic carbocycles. The van der Waals surface area contributed by atoms with Crippen LogP contribution in [0.2, 0.25) is 0 Å². The van der Waals surface area contributed by atoms with Crippen molar-refractivity contribution in [1.29, 1.82) is 0 Å². The average molecular weight is 355 g/mol. The topological polar surface area (TPSA) is 69.6 Å². The molecule has 0 radical (unpaired) electrons. The molecule has 1 saturated heterocycles. The summed E-state index contributed by atoms with van der Waals surface area (Å²) in [6.07, 6.45) is 1.94. The summed E-state index contributed by atoms with van der Waals surface area (Å²) in [7, 11) is 0. The molecule has 21 heavy (non-hydrogen) atoms. The van der Waals surface area contributed by atoms with Crippen molar-refractivity contribution in [2.45, 2.75) is 32.7 Å². The number of nitrogens with one attached hydrogen (secondary N) is 1. The summed E-state index contributed by atoms with van der Waals surface area (Å²) >= 11 is 3.30. The molecule has 2 atom stereocenters. The van der Waals surface area contributed by atoms with Crippen molar-refractivity contribution in [2.24, 2.45) is 5.92 Å². The number of hydrogen-bond donors (Lipinski definition) is 2. The summed E-state index contributed by atoms with van der Waals surface area (Å²) in [5.41, 5.74) is 0.386. The highest BCUT2D eigenvalue weighted by Crippen LogP contribution is 2.28. The maximum absolute atomic E-state index is 12.4. The van der Waals surface area contributed by atoms with Gasteiger partial charge in [0.25, 0.3) is 0 Å². The van der Waals surface area contributed by atoms with Crippen molar-refractivity contribution < 1.29 is 14.7 Å². The van der Waals surface area contributed by atoms with Crippen LogP contribution in [0.5, 0.6) is 0 Å². The van der Waals surface area contributed by atoms with E-state index in [-0.39, 0.29) is 17.6 Å². The zero-order valence-electron chi connectivity index (χ0n) is 12.1. The van der Waals surface area contributed by atoms with Crippen LogP contribution in [-0.2, 0) is 0 Å². The number of benzene rings is 1. The van der Waals surface area contributed by atoms with E-state index in [4.69, 9.17) is 0 Å². The number of rotatable bonds is 2. The normalized spacial score (nSPS) is 22.0. The fourth-order valence-corrected chi connectivity index (χ4v) is 3.18. The Bertz CT molecular complexity index is 562. The molecular weight excluding hydrogens is 336 g/mol. The molecule has 0 aliphatic carbocycles. The molecule has 1 aliphatic heterocycles. The van der Waals surface area contributed by atoms with Gasteiger partial charge in [0.1, 0.15) is 0 Å². The standard InChI is InChI=1S/C15H19BrN2O3/c1-9-6-7-18(10(2)8-9)15(21)17-13-11(14(19)20)4-3-5-12(13)16/h3-5,9-10H,6-8H2,1-2H3,(H,17,21)(H,19,20). The molecule has 1 aromatic rings. The van der Waals surface area contributed by atoms with Gasteiger partial charge in [-0.25, -0.2) is 9.59 Å². The minimum atomic E-state index is -1.06. The smallest absolute Gasteiger partial charge is 0.337 e. The minimum Gasteiger partial charge on any atom is -0.478 e. The van der Waals surface area contributed by atoms with Crippen molar-refractivity contribution in [3.8, 4) is 0 Å². The van der Waals surface area contributed by atoms with E-state index in [1.165, 1.54) is 6.07 Å². The lowest BCUT2D eigenvalue weighted by atomic mass is 9.94. The SMILES string of the molecule is CC1CCN(C(=O)Nc2c(Br)cccc2C(=O)O)C(C)C1. The van der Waals surface area contributed by atoms with E-state index < -0.39 is 5.97 Å². The highest BCUT2D eigenvalue weighted by atomic mass is 79.9. The lowest BCUT2D eigenvalue weighted by molar-refractivity contribution is 0.0698. The summed E-state index contributed by atoms with van der Waals surface area (Å²) in [6, 6.07) is 4.73. The zero-order valence-corrected chi connectivity index (χ0v) is 13.7. The number of hydrogen-bond acceptors (Lipinski definition) is 2. The summed E-state index contributed by atoms with van der Waals surface area (Å²) < 4.78 is 0.564. The van der Waals surface area contributed by atoms with Gasteiger partial charge >= 0.3 is 12.0 Å². The van der Waals surface area contributed by atoms with Gasteiger partial charge in [-0.05, 0) is 53.7 Å². The Balaban J connectivity index is 2.18. The van der Waals surface area contributed by atoms with E-state index in [1.54, 1.807) is 17.0 Å². The van der Waals surface area contributed by atoms with Crippen LogP contribution < -0.4 is 5.32 Å². The predicted octanol–water partition coefficient (Wildman–Crippen LogP) is 3.80. The van der Waals surface area contributed by atoms with E-state index in [1.807, 2.05) is 6.92 Å². The third kappa shape index (κ3) is 3.56. The van der Waals surface area contributed by atoms with Gasteiger partial charge in [0.2, 0.25) is 0 Å². The molecule has 1 fully saturated rings. The molecular formula is C15H19BrN2O3. The van der Waals surface area contributed by atoms with Crippen LogP contribution in [0.4, 0.5) is 10.5 Å².